The summed E-state index contributed by atoms with van der Waals surface area (Å²) in [4.78, 5) is 2.78. The van der Waals surface area contributed by atoms with Gasteiger partial charge in [0.15, 0.2) is 0 Å². The van der Waals surface area contributed by atoms with Crippen LogP contribution in [0.1, 0.15) is 26.7 Å². The first-order chi connectivity index (χ1) is 6.19. The Morgan fingerprint density at radius 3 is 2.62 bits per heavy atom. The van der Waals surface area contributed by atoms with Gasteiger partial charge in [-0.1, -0.05) is 0 Å². The van der Waals surface area contributed by atoms with E-state index in [0.29, 0.717) is 5.54 Å². The molecule has 2 heterocycles. The SMILES string of the molecule is CC1(C)C2CNCC2CN1C1CC1. The van der Waals surface area contributed by atoms with Gasteiger partial charge in [0, 0.05) is 24.7 Å². The second-order valence-corrected chi connectivity index (χ2v) is 5.56. The number of nitrogens with zero attached hydrogens (tertiary/aromatic N) is 1. The molecule has 3 fully saturated rings. The molecule has 2 saturated heterocycles. The minimum Gasteiger partial charge on any atom is -0.316 e. The molecular formula is C11H20N2. The minimum absolute atomic E-state index is 0.468. The number of nitrogens with one attached hydrogen (secondary N) is 1. The Balaban J connectivity index is 1.85. The largest absolute Gasteiger partial charge is 0.316 e. The number of rotatable bonds is 1. The van der Waals surface area contributed by atoms with Gasteiger partial charge in [-0.2, -0.15) is 0 Å². The van der Waals surface area contributed by atoms with Crippen LogP contribution in [0.3, 0.4) is 0 Å². The van der Waals surface area contributed by atoms with E-state index in [9.17, 15) is 0 Å². The molecule has 0 aromatic rings. The van der Waals surface area contributed by atoms with Crippen molar-refractivity contribution < 1.29 is 0 Å². The Bertz CT molecular complexity index is 220. The average Bonchev–Trinajstić information content (AvgIpc) is 2.72. The molecule has 13 heavy (non-hydrogen) atoms. The van der Waals surface area contributed by atoms with E-state index in [0.717, 1.165) is 17.9 Å². The smallest absolute Gasteiger partial charge is 0.0200 e. The first-order valence-corrected chi connectivity index (χ1v) is 5.67. The molecule has 2 atom stereocenters. The fraction of sp³-hybridized carbons (Fsp3) is 1.00. The standard InChI is InChI=1S/C11H20N2/c1-11(2)10-6-12-5-8(10)7-13(11)9-3-4-9/h8-10,12H,3-7H2,1-2H3. The van der Waals surface area contributed by atoms with Gasteiger partial charge >= 0.3 is 0 Å². The number of hydrogen-bond acceptors (Lipinski definition) is 2. The lowest BCUT2D eigenvalue weighted by Gasteiger charge is -2.35. The Morgan fingerprint density at radius 2 is 2.00 bits per heavy atom. The molecular weight excluding hydrogens is 160 g/mol. The van der Waals surface area contributed by atoms with Gasteiger partial charge in [0.2, 0.25) is 0 Å². The zero-order valence-electron chi connectivity index (χ0n) is 8.71. The van der Waals surface area contributed by atoms with Crippen molar-refractivity contribution in [1.82, 2.24) is 10.2 Å². The summed E-state index contributed by atoms with van der Waals surface area (Å²) in [5.41, 5.74) is 0.468. The lowest BCUT2D eigenvalue weighted by atomic mass is 9.85. The van der Waals surface area contributed by atoms with Crippen LogP contribution in [0, 0.1) is 11.8 Å². The molecule has 74 valence electrons. The molecule has 0 aromatic heterocycles. The van der Waals surface area contributed by atoms with E-state index in [1.807, 2.05) is 0 Å². The maximum absolute atomic E-state index is 3.53. The number of hydrogen-bond donors (Lipinski definition) is 1. The van der Waals surface area contributed by atoms with Gasteiger partial charge in [0.1, 0.15) is 0 Å². The molecule has 0 aromatic carbocycles. The summed E-state index contributed by atoms with van der Waals surface area (Å²) in [6.07, 6.45) is 2.91. The zero-order chi connectivity index (χ0) is 9.05. The maximum Gasteiger partial charge on any atom is 0.0200 e. The summed E-state index contributed by atoms with van der Waals surface area (Å²) in [7, 11) is 0. The Labute approximate surface area is 80.7 Å². The van der Waals surface area contributed by atoms with Gasteiger partial charge in [-0.15, -0.1) is 0 Å². The lowest BCUT2D eigenvalue weighted by molar-refractivity contribution is 0.131. The van der Waals surface area contributed by atoms with E-state index in [1.165, 1.54) is 32.5 Å². The highest BCUT2D eigenvalue weighted by Crippen LogP contribution is 2.46. The fourth-order valence-electron chi connectivity index (χ4n) is 3.46. The van der Waals surface area contributed by atoms with Crippen LogP contribution in [-0.4, -0.2) is 36.1 Å². The summed E-state index contributed by atoms with van der Waals surface area (Å²) in [5, 5.41) is 3.53. The Kier molecular flexibility index (Phi) is 1.58. The fourth-order valence-corrected chi connectivity index (χ4v) is 3.46. The molecule has 2 heteroatoms. The van der Waals surface area contributed by atoms with Gasteiger partial charge in [-0.25, -0.2) is 0 Å². The van der Waals surface area contributed by atoms with Gasteiger partial charge in [0.25, 0.3) is 0 Å². The van der Waals surface area contributed by atoms with Crippen LogP contribution in [0.5, 0.6) is 0 Å². The van der Waals surface area contributed by atoms with Crippen molar-refractivity contribution in [2.45, 2.75) is 38.3 Å². The highest BCUT2D eigenvalue weighted by Gasteiger charge is 2.53. The third-order valence-electron chi connectivity index (χ3n) is 4.41. The van der Waals surface area contributed by atoms with Crippen molar-refractivity contribution in [2.24, 2.45) is 11.8 Å². The second kappa shape index (κ2) is 2.48. The van der Waals surface area contributed by atoms with E-state index in [4.69, 9.17) is 0 Å². The van der Waals surface area contributed by atoms with Crippen molar-refractivity contribution in [2.75, 3.05) is 19.6 Å². The topological polar surface area (TPSA) is 15.3 Å². The molecule has 0 bridgehead atoms. The molecule has 1 N–H and O–H groups in total. The molecule has 2 unspecified atom stereocenters. The van der Waals surface area contributed by atoms with Crippen LogP contribution in [-0.2, 0) is 0 Å². The first-order valence-electron chi connectivity index (χ1n) is 5.67. The normalized spacial score (nSPS) is 43.8. The monoisotopic (exact) mass is 180 g/mol. The minimum atomic E-state index is 0.468. The van der Waals surface area contributed by atoms with E-state index >= 15 is 0 Å². The zero-order valence-corrected chi connectivity index (χ0v) is 8.71. The third kappa shape index (κ3) is 1.08. The molecule has 0 radical (unpaired) electrons. The average molecular weight is 180 g/mol. The van der Waals surface area contributed by atoms with Crippen molar-refractivity contribution in [1.29, 1.82) is 0 Å². The van der Waals surface area contributed by atoms with Gasteiger partial charge in [0.05, 0.1) is 0 Å². The van der Waals surface area contributed by atoms with Gasteiger partial charge in [-0.3, -0.25) is 4.90 Å². The molecule has 3 rings (SSSR count). The molecule has 1 saturated carbocycles. The lowest BCUT2D eigenvalue weighted by Crippen LogP contribution is -2.45. The third-order valence-corrected chi connectivity index (χ3v) is 4.41. The molecule has 3 aliphatic rings. The van der Waals surface area contributed by atoms with Crippen LogP contribution in [0.2, 0.25) is 0 Å². The molecule has 0 amide bonds. The van der Waals surface area contributed by atoms with Gasteiger partial charge < -0.3 is 5.32 Å². The van der Waals surface area contributed by atoms with Gasteiger partial charge in [-0.05, 0) is 45.1 Å². The Morgan fingerprint density at radius 1 is 1.23 bits per heavy atom. The van der Waals surface area contributed by atoms with E-state index in [1.54, 1.807) is 0 Å². The summed E-state index contributed by atoms with van der Waals surface area (Å²) >= 11 is 0. The maximum atomic E-state index is 3.53. The summed E-state index contributed by atoms with van der Waals surface area (Å²) in [6, 6.07) is 0.945. The highest BCUT2D eigenvalue weighted by molar-refractivity contribution is 5.08. The number of likely N-dealkylation sites (tertiary alicyclic amines) is 1. The van der Waals surface area contributed by atoms with E-state index in [-0.39, 0.29) is 0 Å². The van der Waals surface area contributed by atoms with Crippen LogP contribution in [0.25, 0.3) is 0 Å². The van der Waals surface area contributed by atoms with Crippen molar-refractivity contribution in [3.63, 3.8) is 0 Å². The Hall–Kier alpha value is -0.0800. The predicted octanol–water partition coefficient (Wildman–Crippen LogP) is 1.08. The highest BCUT2D eigenvalue weighted by atomic mass is 15.3. The van der Waals surface area contributed by atoms with Crippen molar-refractivity contribution >= 4 is 0 Å². The van der Waals surface area contributed by atoms with Crippen molar-refractivity contribution in [3.8, 4) is 0 Å². The molecule has 1 aliphatic carbocycles. The van der Waals surface area contributed by atoms with Crippen LogP contribution in [0.15, 0.2) is 0 Å². The van der Waals surface area contributed by atoms with Crippen LogP contribution >= 0.6 is 0 Å². The second-order valence-electron chi connectivity index (χ2n) is 5.56. The summed E-state index contributed by atoms with van der Waals surface area (Å²) in [6.45, 7) is 8.76. The van der Waals surface area contributed by atoms with E-state index < -0.39 is 0 Å². The molecule has 2 aliphatic heterocycles. The quantitative estimate of drug-likeness (QED) is 0.649. The summed E-state index contributed by atoms with van der Waals surface area (Å²) < 4.78 is 0. The van der Waals surface area contributed by atoms with Crippen LogP contribution in [0.4, 0.5) is 0 Å². The molecule has 2 nitrogen and oxygen atoms in total. The number of fused-ring (bicyclic) bond motifs is 1. The van der Waals surface area contributed by atoms with Crippen LogP contribution < -0.4 is 5.32 Å². The van der Waals surface area contributed by atoms with E-state index in [2.05, 4.69) is 24.1 Å². The van der Waals surface area contributed by atoms with Crippen molar-refractivity contribution in [3.05, 3.63) is 0 Å². The first kappa shape index (κ1) is 8.25. The molecule has 0 spiro atoms. The summed E-state index contributed by atoms with van der Waals surface area (Å²) in [5.74, 6) is 1.85. The predicted molar refractivity (Wildman–Crippen MR) is 53.7 cm³/mol.